The lowest BCUT2D eigenvalue weighted by molar-refractivity contribution is -0.385. The number of hydrogen-bond donors (Lipinski definition) is 1. The highest BCUT2D eigenvalue weighted by Crippen LogP contribution is 2.30. The van der Waals surface area contributed by atoms with E-state index in [1.54, 1.807) is 12.1 Å². The van der Waals surface area contributed by atoms with Crippen molar-refractivity contribution in [1.82, 2.24) is 4.90 Å². The molecule has 6 nitrogen and oxygen atoms in total. The topological polar surface area (TPSA) is 69.9 Å². The Morgan fingerprint density at radius 3 is 2.85 bits per heavy atom. The molecule has 20 heavy (non-hydrogen) atoms. The molecule has 1 aliphatic rings. The van der Waals surface area contributed by atoms with Gasteiger partial charge in [-0.2, -0.15) is 0 Å². The maximum atomic E-state index is 10.9. The van der Waals surface area contributed by atoms with Gasteiger partial charge in [0.2, 0.25) is 0 Å². The molecule has 110 valence electrons. The van der Waals surface area contributed by atoms with Gasteiger partial charge in [0, 0.05) is 30.9 Å². The van der Waals surface area contributed by atoms with Crippen LogP contribution in [0.3, 0.4) is 0 Å². The Balaban J connectivity index is 2.26. The number of likely N-dealkylation sites (N-methyl/N-ethyl adjacent to an activating group) is 1. The van der Waals surface area contributed by atoms with Crippen LogP contribution in [-0.4, -0.2) is 48.2 Å². The van der Waals surface area contributed by atoms with Crippen LogP contribution in [0.5, 0.6) is 0 Å². The van der Waals surface area contributed by atoms with Crippen LogP contribution in [0.25, 0.3) is 0 Å². The summed E-state index contributed by atoms with van der Waals surface area (Å²) < 4.78 is 0. The number of hydrogen-bond acceptors (Lipinski definition) is 5. The Morgan fingerprint density at radius 1 is 1.50 bits per heavy atom. The largest absolute Gasteiger partial charge is 0.391 e. The predicted octanol–water partition coefficient (Wildman–Crippen LogP) is 1.62. The van der Waals surface area contributed by atoms with Crippen LogP contribution in [0.2, 0.25) is 0 Å². The van der Waals surface area contributed by atoms with Crippen molar-refractivity contribution in [3.05, 3.63) is 33.9 Å². The normalized spacial score (nSPS) is 18.8. The van der Waals surface area contributed by atoms with Crippen molar-refractivity contribution >= 4 is 11.4 Å². The second kappa shape index (κ2) is 6.19. The van der Waals surface area contributed by atoms with Crippen LogP contribution in [0.15, 0.2) is 18.2 Å². The molecule has 1 aliphatic heterocycles. The summed E-state index contributed by atoms with van der Waals surface area (Å²) in [5.74, 6) is 0. The number of anilines is 1. The van der Waals surface area contributed by atoms with E-state index in [4.69, 9.17) is 0 Å². The van der Waals surface area contributed by atoms with E-state index in [1.807, 2.05) is 14.1 Å². The molecule has 0 spiro atoms. The number of nitro groups is 1. The van der Waals surface area contributed by atoms with Gasteiger partial charge in [-0.1, -0.05) is 0 Å². The quantitative estimate of drug-likeness (QED) is 0.655. The second-order valence-corrected chi connectivity index (χ2v) is 5.48. The third-order valence-corrected chi connectivity index (χ3v) is 3.71. The maximum Gasteiger partial charge on any atom is 0.275 e. The van der Waals surface area contributed by atoms with Crippen LogP contribution < -0.4 is 4.90 Å². The highest BCUT2D eigenvalue weighted by atomic mass is 16.6. The number of rotatable bonds is 5. The van der Waals surface area contributed by atoms with Gasteiger partial charge in [-0.25, -0.2) is 0 Å². The monoisotopic (exact) mass is 279 g/mol. The molecule has 1 heterocycles. The summed E-state index contributed by atoms with van der Waals surface area (Å²) in [6.07, 6.45) is 2.26. The molecule has 1 fully saturated rings. The smallest absolute Gasteiger partial charge is 0.275 e. The van der Waals surface area contributed by atoms with Gasteiger partial charge < -0.3 is 14.9 Å². The first-order valence-electron chi connectivity index (χ1n) is 6.82. The molecule has 0 radical (unpaired) electrons. The molecular formula is C14H21N3O3. The summed E-state index contributed by atoms with van der Waals surface area (Å²) in [7, 11) is 4.09. The van der Waals surface area contributed by atoms with Crippen LogP contribution in [0.4, 0.5) is 11.4 Å². The standard InChI is InChI=1S/C14H21N3O3/c1-15(2)9-13-4-3-7-16(13)12-5-6-14(17(19)20)11(8-12)10-18/h5-6,8,13,18H,3-4,7,9-10H2,1-2H3. The highest BCUT2D eigenvalue weighted by Gasteiger charge is 2.26. The minimum Gasteiger partial charge on any atom is -0.391 e. The molecule has 1 atom stereocenters. The Morgan fingerprint density at radius 2 is 2.25 bits per heavy atom. The van der Waals surface area contributed by atoms with Crippen molar-refractivity contribution < 1.29 is 10.0 Å². The predicted molar refractivity (Wildman–Crippen MR) is 77.9 cm³/mol. The lowest BCUT2D eigenvalue weighted by atomic mass is 10.1. The Labute approximate surface area is 118 Å². The van der Waals surface area contributed by atoms with Gasteiger partial charge >= 0.3 is 0 Å². The molecule has 0 aromatic heterocycles. The molecular weight excluding hydrogens is 258 g/mol. The maximum absolute atomic E-state index is 10.9. The van der Waals surface area contributed by atoms with E-state index in [0.717, 1.165) is 31.6 Å². The second-order valence-electron chi connectivity index (χ2n) is 5.48. The summed E-state index contributed by atoms with van der Waals surface area (Å²) >= 11 is 0. The van der Waals surface area contributed by atoms with Gasteiger partial charge in [0.05, 0.1) is 17.1 Å². The molecule has 1 aromatic rings. The fraction of sp³-hybridized carbons (Fsp3) is 0.571. The molecule has 1 saturated heterocycles. The molecule has 1 aromatic carbocycles. The van der Waals surface area contributed by atoms with Crippen LogP contribution in [0.1, 0.15) is 18.4 Å². The van der Waals surface area contributed by atoms with Gasteiger partial charge in [-0.15, -0.1) is 0 Å². The molecule has 1 N–H and O–H groups in total. The summed E-state index contributed by atoms with van der Waals surface area (Å²) in [5.41, 5.74) is 1.33. The number of nitrogens with zero attached hydrogens (tertiary/aromatic N) is 3. The zero-order valence-corrected chi connectivity index (χ0v) is 12.0. The number of aliphatic hydroxyl groups excluding tert-OH is 1. The number of benzene rings is 1. The molecule has 6 heteroatoms. The van der Waals surface area contributed by atoms with Crippen molar-refractivity contribution in [3.8, 4) is 0 Å². The summed E-state index contributed by atoms with van der Waals surface area (Å²) in [4.78, 5) is 14.9. The molecule has 0 saturated carbocycles. The number of aliphatic hydroxyl groups is 1. The summed E-state index contributed by atoms with van der Waals surface area (Å²) in [6, 6.07) is 5.45. The first-order valence-corrected chi connectivity index (χ1v) is 6.82. The average molecular weight is 279 g/mol. The number of nitro benzene ring substituents is 1. The molecule has 1 unspecified atom stereocenters. The highest BCUT2D eigenvalue weighted by molar-refractivity contribution is 5.56. The van der Waals surface area contributed by atoms with E-state index in [2.05, 4.69) is 9.80 Å². The van der Waals surface area contributed by atoms with Gasteiger partial charge in [-0.3, -0.25) is 10.1 Å². The molecule has 2 rings (SSSR count). The van der Waals surface area contributed by atoms with Crippen LogP contribution >= 0.6 is 0 Å². The van der Waals surface area contributed by atoms with Crippen molar-refractivity contribution in [1.29, 1.82) is 0 Å². The minimum atomic E-state index is -0.448. The first-order chi connectivity index (χ1) is 9.52. The first kappa shape index (κ1) is 14.7. The minimum absolute atomic E-state index is 0.0143. The zero-order valence-electron chi connectivity index (χ0n) is 12.0. The van der Waals surface area contributed by atoms with Crippen molar-refractivity contribution in [3.63, 3.8) is 0 Å². The van der Waals surface area contributed by atoms with Gasteiger partial charge in [0.1, 0.15) is 0 Å². The average Bonchev–Trinajstić information content (AvgIpc) is 2.85. The summed E-state index contributed by atoms with van der Waals surface area (Å²) in [6.45, 7) is 1.61. The van der Waals surface area contributed by atoms with Gasteiger partial charge in [-0.05, 0) is 39.1 Å². The summed E-state index contributed by atoms with van der Waals surface area (Å²) in [5, 5.41) is 20.2. The SMILES string of the molecule is CN(C)CC1CCCN1c1ccc([N+](=O)[O-])c(CO)c1. The molecule has 0 bridgehead atoms. The van der Waals surface area contributed by atoms with Gasteiger partial charge in [0.15, 0.2) is 0 Å². The van der Waals surface area contributed by atoms with Crippen LogP contribution in [0, 0.1) is 10.1 Å². The Bertz CT molecular complexity index is 491. The fourth-order valence-electron chi connectivity index (χ4n) is 2.84. The Hall–Kier alpha value is -1.66. The fourth-order valence-corrected chi connectivity index (χ4v) is 2.84. The van der Waals surface area contributed by atoms with E-state index in [9.17, 15) is 15.2 Å². The van der Waals surface area contributed by atoms with E-state index in [-0.39, 0.29) is 12.3 Å². The van der Waals surface area contributed by atoms with Crippen LogP contribution in [-0.2, 0) is 6.61 Å². The zero-order chi connectivity index (χ0) is 14.7. The van der Waals surface area contributed by atoms with Crippen molar-refractivity contribution in [2.45, 2.75) is 25.5 Å². The van der Waals surface area contributed by atoms with E-state index in [0.29, 0.717) is 11.6 Å². The third-order valence-electron chi connectivity index (χ3n) is 3.71. The Kier molecular flexibility index (Phi) is 4.57. The van der Waals surface area contributed by atoms with E-state index in [1.165, 1.54) is 6.07 Å². The lowest BCUT2D eigenvalue weighted by Gasteiger charge is -2.29. The molecule has 0 amide bonds. The van der Waals surface area contributed by atoms with E-state index < -0.39 is 4.92 Å². The third kappa shape index (κ3) is 3.08. The molecule has 0 aliphatic carbocycles. The van der Waals surface area contributed by atoms with Crippen molar-refractivity contribution in [2.75, 3.05) is 32.1 Å². The van der Waals surface area contributed by atoms with Crippen molar-refractivity contribution in [2.24, 2.45) is 0 Å². The van der Waals surface area contributed by atoms with E-state index >= 15 is 0 Å². The van der Waals surface area contributed by atoms with Gasteiger partial charge in [0.25, 0.3) is 5.69 Å². The lowest BCUT2D eigenvalue weighted by Crippen LogP contribution is -2.37.